The van der Waals surface area contributed by atoms with Gasteiger partial charge in [0.1, 0.15) is 18.5 Å². The third kappa shape index (κ3) is 2.64. The van der Waals surface area contributed by atoms with Crippen LogP contribution < -0.4 is 4.74 Å². The van der Waals surface area contributed by atoms with E-state index in [2.05, 4.69) is 38.6 Å². The summed E-state index contributed by atoms with van der Waals surface area (Å²) in [6.07, 6.45) is 1.67. The number of rotatable bonds is 3. The molecule has 0 N–H and O–H groups in total. The minimum atomic E-state index is -0.254. The molecule has 2 atom stereocenters. The van der Waals surface area contributed by atoms with E-state index < -0.39 is 0 Å². The van der Waals surface area contributed by atoms with Gasteiger partial charge in [0, 0.05) is 17.1 Å². The minimum Gasteiger partial charge on any atom is -0.489 e. The van der Waals surface area contributed by atoms with Gasteiger partial charge in [-0.15, -0.1) is 0 Å². The fraction of sp³-hybridized carbons (Fsp3) is 0.318. The van der Waals surface area contributed by atoms with Crippen molar-refractivity contribution in [3.8, 4) is 5.75 Å². The lowest BCUT2D eigenvalue weighted by Gasteiger charge is -2.30. The van der Waals surface area contributed by atoms with Crippen molar-refractivity contribution in [2.45, 2.75) is 39.4 Å². The molecule has 0 radical (unpaired) electrons. The second kappa shape index (κ2) is 6.07. The average molecular weight is 334 g/mol. The summed E-state index contributed by atoms with van der Waals surface area (Å²) in [5, 5.41) is 0. The molecule has 3 nitrogen and oxygen atoms in total. The van der Waals surface area contributed by atoms with Gasteiger partial charge in [-0.2, -0.15) is 0 Å². The van der Waals surface area contributed by atoms with Crippen LogP contribution in [0.15, 0.2) is 48.6 Å². The predicted molar refractivity (Wildman–Crippen MR) is 96.5 cm³/mol. The Morgan fingerprint density at radius 3 is 2.76 bits per heavy atom. The highest BCUT2D eigenvalue weighted by molar-refractivity contribution is 5.91. The Labute approximate surface area is 148 Å². The summed E-state index contributed by atoms with van der Waals surface area (Å²) in [6.45, 7) is 8.64. The van der Waals surface area contributed by atoms with E-state index in [1.165, 1.54) is 11.1 Å². The van der Waals surface area contributed by atoms with Crippen molar-refractivity contribution < 1.29 is 14.3 Å². The number of hydrogen-bond acceptors (Lipinski definition) is 3. The molecule has 1 saturated heterocycles. The first-order valence-corrected chi connectivity index (χ1v) is 8.75. The van der Waals surface area contributed by atoms with Gasteiger partial charge >= 0.3 is 5.97 Å². The van der Waals surface area contributed by atoms with Crippen molar-refractivity contribution >= 4 is 5.97 Å². The molecule has 2 aliphatic rings. The third-order valence-electron chi connectivity index (χ3n) is 5.46. The molecule has 3 heteroatoms. The Morgan fingerprint density at radius 2 is 2.00 bits per heavy atom. The molecule has 1 fully saturated rings. The van der Waals surface area contributed by atoms with Gasteiger partial charge in [-0.05, 0) is 55.0 Å². The molecule has 0 bridgehead atoms. The lowest BCUT2D eigenvalue weighted by atomic mass is 9.76. The van der Waals surface area contributed by atoms with Gasteiger partial charge in [-0.1, -0.05) is 36.9 Å². The summed E-state index contributed by atoms with van der Waals surface area (Å²) in [7, 11) is 0. The summed E-state index contributed by atoms with van der Waals surface area (Å²) >= 11 is 0. The van der Waals surface area contributed by atoms with E-state index in [1.54, 1.807) is 0 Å². The van der Waals surface area contributed by atoms with Gasteiger partial charge in [0.15, 0.2) is 0 Å². The molecule has 0 amide bonds. The van der Waals surface area contributed by atoms with Crippen LogP contribution in [-0.2, 0) is 22.6 Å². The molecule has 2 aromatic carbocycles. The summed E-state index contributed by atoms with van der Waals surface area (Å²) in [4.78, 5) is 12.0. The molecule has 1 unspecified atom stereocenters. The maximum Gasteiger partial charge on any atom is 0.334 e. The van der Waals surface area contributed by atoms with Crippen LogP contribution >= 0.6 is 0 Å². The van der Waals surface area contributed by atoms with Crippen molar-refractivity contribution in [1.29, 1.82) is 0 Å². The van der Waals surface area contributed by atoms with Crippen LogP contribution in [0, 0.1) is 19.8 Å². The summed E-state index contributed by atoms with van der Waals surface area (Å²) in [5.74, 6) is 0.715. The van der Waals surface area contributed by atoms with Crippen molar-refractivity contribution in [2.24, 2.45) is 5.92 Å². The second-order valence-electron chi connectivity index (χ2n) is 6.98. The number of fused-ring (bicyclic) bond motifs is 3. The number of carbonyl (C=O) groups excluding carboxylic acids is 1. The van der Waals surface area contributed by atoms with Crippen LogP contribution in [0.3, 0.4) is 0 Å². The number of ether oxygens (including phenoxy) is 2. The largest absolute Gasteiger partial charge is 0.489 e. The van der Waals surface area contributed by atoms with Gasteiger partial charge in [-0.25, -0.2) is 4.79 Å². The average Bonchev–Trinajstić information content (AvgIpc) is 2.92. The fourth-order valence-electron chi connectivity index (χ4n) is 4.06. The van der Waals surface area contributed by atoms with E-state index in [-0.39, 0.29) is 18.0 Å². The van der Waals surface area contributed by atoms with Crippen LogP contribution in [0.2, 0.25) is 0 Å². The van der Waals surface area contributed by atoms with Crippen molar-refractivity contribution in [1.82, 2.24) is 0 Å². The molecule has 0 spiro atoms. The van der Waals surface area contributed by atoms with E-state index in [0.29, 0.717) is 12.2 Å². The Bertz CT molecular complexity index is 851. The van der Waals surface area contributed by atoms with Gasteiger partial charge in [-0.3, -0.25) is 0 Å². The molecule has 2 aromatic rings. The molecular formula is C22H22O3. The Balaban J connectivity index is 1.69. The molecule has 25 heavy (non-hydrogen) atoms. The number of esters is 1. The van der Waals surface area contributed by atoms with E-state index >= 15 is 0 Å². The molecule has 4 rings (SSSR count). The molecule has 128 valence electrons. The highest BCUT2D eigenvalue weighted by Crippen LogP contribution is 2.49. The first kappa shape index (κ1) is 15.9. The first-order valence-electron chi connectivity index (χ1n) is 8.75. The molecule has 1 aliphatic carbocycles. The van der Waals surface area contributed by atoms with E-state index in [9.17, 15) is 4.79 Å². The zero-order chi connectivity index (χ0) is 17.6. The van der Waals surface area contributed by atoms with E-state index in [0.717, 1.165) is 35.3 Å². The lowest BCUT2D eigenvalue weighted by Crippen LogP contribution is -2.20. The number of aryl methyl sites for hydroxylation is 1. The van der Waals surface area contributed by atoms with Gasteiger partial charge in [0.2, 0.25) is 0 Å². The van der Waals surface area contributed by atoms with Crippen molar-refractivity contribution in [2.75, 3.05) is 0 Å². The SMILES string of the molecule is C=C1C(=O)OC2c3c(C)c(OCc4ccccc4)cc(C)c3CC[C@@H]12. The molecular weight excluding hydrogens is 312 g/mol. The Kier molecular flexibility index (Phi) is 3.87. The third-order valence-corrected chi connectivity index (χ3v) is 5.46. The number of hydrogen-bond donors (Lipinski definition) is 0. The number of carbonyl (C=O) groups is 1. The molecule has 1 heterocycles. The van der Waals surface area contributed by atoms with Crippen LogP contribution in [-0.4, -0.2) is 5.97 Å². The van der Waals surface area contributed by atoms with Crippen LogP contribution in [0.4, 0.5) is 0 Å². The van der Waals surface area contributed by atoms with Crippen molar-refractivity contribution in [3.63, 3.8) is 0 Å². The van der Waals surface area contributed by atoms with E-state index in [4.69, 9.17) is 9.47 Å². The zero-order valence-corrected chi connectivity index (χ0v) is 14.7. The topological polar surface area (TPSA) is 35.5 Å². The Morgan fingerprint density at radius 1 is 1.24 bits per heavy atom. The van der Waals surface area contributed by atoms with E-state index in [1.807, 2.05) is 18.2 Å². The zero-order valence-electron chi connectivity index (χ0n) is 14.7. The van der Waals surface area contributed by atoms with Gasteiger partial charge in [0.05, 0.1) is 0 Å². The van der Waals surface area contributed by atoms with Crippen LogP contribution in [0.5, 0.6) is 5.75 Å². The van der Waals surface area contributed by atoms with Gasteiger partial charge < -0.3 is 9.47 Å². The van der Waals surface area contributed by atoms with Crippen LogP contribution in [0.1, 0.15) is 40.3 Å². The smallest absolute Gasteiger partial charge is 0.334 e. The summed E-state index contributed by atoms with van der Waals surface area (Å²) in [5.41, 5.74) is 6.46. The number of benzene rings is 2. The monoisotopic (exact) mass is 334 g/mol. The van der Waals surface area contributed by atoms with Crippen LogP contribution in [0.25, 0.3) is 0 Å². The normalized spacial score (nSPS) is 21.5. The summed E-state index contributed by atoms with van der Waals surface area (Å²) in [6, 6.07) is 12.2. The summed E-state index contributed by atoms with van der Waals surface area (Å²) < 4.78 is 11.8. The fourth-order valence-corrected chi connectivity index (χ4v) is 4.06. The predicted octanol–water partition coefficient (Wildman–Crippen LogP) is 4.60. The maximum atomic E-state index is 12.0. The maximum absolute atomic E-state index is 12.0. The Hall–Kier alpha value is -2.55. The minimum absolute atomic E-state index is 0.0995. The van der Waals surface area contributed by atoms with Gasteiger partial charge in [0.25, 0.3) is 0 Å². The second-order valence-corrected chi connectivity index (χ2v) is 6.98. The quantitative estimate of drug-likeness (QED) is 0.608. The highest BCUT2D eigenvalue weighted by Gasteiger charge is 2.44. The molecule has 1 aliphatic heterocycles. The van der Waals surface area contributed by atoms with Crippen molar-refractivity contribution in [3.05, 3.63) is 76.4 Å². The lowest BCUT2D eigenvalue weighted by molar-refractivity contribution is -0.139. The first-order chi connectivity index (χ1) is 12.1. The molecule has 0 saturated carbocycles. The molecule has 0 aromatic heterocycles. The standard InChI is InChI=1S/C22H22O3/c1-13-11-19(24-12-16-7-5-4-6-8-16)15(3)20-17(13)9-10-18-14(2)22(23)25-21(18)20/h4-8,11,18,21H,2,9-10,12H2,1,3H3/t18-,21?/m0/s1. The highest BCUT2D eigenvalue weighted by atomic mass is 16.6.